The first-order valence-corrected chi connectivity index (χ1v) is 3.67. The smallest absolute Gasteiger partial charge is 0.314 e. The lowest BCUT2D eigenvalue weighted by atomic mass is 10.1. The van der Waals surface area contributed by atoms with Crippen LogP contribution < -0.4 is 0 Å². The topological polar surface area (TPSA) is 80.1 Å². The minimum Gasteiger partial charge on any atom is -0.481 e. The summed E-state index contributed by atoms with van der Waals surface area (Å²) in [6.45, 7) is 1.31. The first-order valence-electron chi connectivity index (χ1n) is 3.67. The average molecular weight is 180 g/mol. The number of carboxylic acid groups (broad SMARTS) is 1. The van der Waals surface area contributed by atoms with Crippen LogP contribution in [0.4, 0.5) is 0 Å². The number of carbonyl (C=O) groups excluding carboxylic acids is 1. The summed E-state index contributed by atoms with van der Waals surface area (Å²) in [7, 11) is 0. The Morgan fingerprint density at radius 1 is 1.38 bits per heavy atom. The van der Waals surface area contributed by atoms with Crippen LogP contribution in [0.1, 0.15) is 17.5 Å². The Balaban J connectivity index is 2.86. The summed E-state index contributed by atoms with van der Waals surface area (Å²) in [5, 5.41) is 8.54. The van der Waals surface area contributed by atoms with Crippen LogP contribution in [-0.4, -0.2) is 26.8 Å². The number of ketones is 1. The molecule has 0 saturated heterocycles. The van der Waals surface area contributed by atoms with Crippen LogP contribution in [0.2, 0.25) is 0 Å². The fraction of sp³-hybridized carbons (Fsp3) is 0.250. The minimum absolute atomic E-state index is 0.0580. The van der Waals surface area contributed by atoms with Gasteiger partial charge in [-0.3, -0.25) is 9.59 Å². The monoisotopic (exact) mass is 180 g/mol. The maximum absolute atomic E-state index is 11.3. The van der Waals surface area contributed by atoms with Crippen LogP contribution in [0.3, 0.4) is 0 Å². The van der Waals surface area contributed by atoms with E-state index in [-0.39, 0.29) is 5.82 Å². The normalized spacial score (nSPS) is 12.1. The van der Waals surface area contributed by atoms with Crippen LogP contribution in [0.25, 0.3) is 0 Å². The van der Waals surface area contributed by atoms with Crippen molar-refractivity contribution in [3.8, 4) is 0 Å². The molecule has 1 atom stereocenters. The Hall–Kier alpha value is -1.78. The van der Waals surface area contributed by atoms with Crippen LogP contribution in [0.15, 0.2) is 18.5 Å². The van der Waals surface area contributed by atoms with Gasteiger partial charge in [-0.15, -0.1) is 0 Å². The molecule has 1 rings (SSSR count). The van der Waals surface area contributed by atoms with Crippen molar-refractivity contribution in [1.29, 1.82) is 0 Å². The highest BCUT2D eigenvalue weighted by molar-refractivity contribution is 6.05. The number of carboxylic acids is 1. The molecular formula is C8H8N2O3. The first kappa shape index (κ1) is 9.31. The zero-order chi connectivity index (χ0) is 9.84. The molecule has 0 aliphatic heterocycles. The molecule has 0 bridgehead atoms. The molecule has 5 heteroatoms. The van der Waals surface area contributed by atoms with E-state index in [1.165, 1.54) is 19.3 Å². The van der Waals surface area contributed by atoms with Crippen molar-refractivity contribution in [2.75, 3.05) is 0 Å². The summed E-state index contributed by atoms with van der Waals surface area (Å²) in [4.78, 5) is 29.0. The van der Waals surface area contributed by atoms with Crippen molar-refractivity contribution in [2.45, 2.75) is 6.92 Å². The van der Waals surface area contributed by atoms with Gasteiger partial charge < -0.3 is 5.11 Å². The van der Waals surface area contributed by atoms with Crippen molar-refractivity contribution in [1.82, 2.24) is 9.97 Å². The fourth-order valence-electron chi connectivity index (χ4n) is 0.732. The van der Waals surface area contributed by atoms with Crippen LogP contribution in [0.5, 0.6) is 0 Å². The second-order valence-corrected chi connectivity index (χ2v) is 2.50. The molecule has 1 heterocycles. The van der Waals surface area contributed by atoms with Crippen molar-refractivity contribution >= 4 is 11.8 Å². The van der Waals surface area contributed by atoms with Crippen molar-refractivity contribution in [3.05, 3.63) is 24.3 Å². The molecule has 1 aromatic rings. The van der Waals surface area contributed by atoms with E-state index in [4.69, 9.17) is 5.11 Å². The molecule has 0 radical (unpaired) electrons. The second-order valence-electron chi connectivity index (χ2n) is 2.50. The van der Waals surface area contributed by atoms with Gasteiger partial charge in [0.15, 0.2) is 5.82 Å². The van der Waals surface area contributed by atoms with E-state index in [0.29, 0.717) is 0 Å². The number of carbonyl (C=O) groups is 2. The van der Waals surface area contributed by atoms with Gasteiger partial charge in [0.2, 0.25) is 5.78 Å². The van der Waals surface area contributed by atoms with Gasteiger partial charge >= 0.3 is 5.97 Å². The summed E-state index contributed by atoms with van der Waals surface area (Å²) in [6, 6.07) is 1.56. The number of hydrogen-bond donors (Lipinski definition) is 1. The van der Waals surface area contributed by atoms with Crippen molar-refractivity contribution in [3.63, 3.8) is 0 Å². The molecule has 1 unspecified atom stereocenters. The van der Waals surface area contributed by atoms with Gasteiger partial charge in [-0.05, 0) is 13.0 Å². The molecule has 13 heavy (non-hydrogen) atoms. The largest absolute Gasteiger partial charge is 0.481 e. The third-order valence-corrected chi connectivity index (χ3v) is 1.55. The molecule has 0 fully saturated rings. The highest BCUT2D eigenvalue weighted by Crippen LogP contribution is 2.03. The van der Waals surface area contributed by atoms with Crippen molar-refractivity contribution < 1.29 is 14.7 Å². The van der Waals surface area contributed by atoms with Gasteiger partial charge in [-0.25, -0.2) is 9.97 Å². The van der Waals surface area contributed by atoms with E-state index in [2.05, 4.69) is 9.97 Å². The van der Waals surface area contributed by atoms with Gasteiger partial charge in [0.05, 0.1) is 0 Å². The molecular weight excluding hydrogens is 172 g/mol. The summed E-state index contributed by atoms with van der Waals surface area (Å²) in [6.07, 6.45) is 2.80. The highest BCUT2D eigenvalue weighted by atomic mass is 16.4. The van der Waals surface area contributed by atoms with E-state index < -0.39 is 17.7 Å². The first-order chi connectivity index (χ1) is 6.13. The third kappa shape index (κ3) is 2.08. The van der Waals surface area contributed by atoms with Gasteiger partial charge in [-0.2, -0.15) is 0 Å². The van der Waals surface area contributed by atoms with Crippen LogP contribution in [0, 0.1) is 5.92 Å². The predicted molar refractivity (Wildman–Crippen MR) is 43.2 cm³/mol. The molecule has 0 spiro atoms. The highest BCUT2D eigenvalue weighted by Gasteiger charge is 2.23. The molecule has 5 nitrogen and oxygen atoms in total. The minimum atomic E-state index is -1.17. The predicted octanol–water partition coefficient (Wildman–Crippen LogP) is 0.380. The number of rotatable bonds is 3. The summed E-state index contributed by atoms with van der Waals surface area (Å²) >= 11 is 0. The van der Waals surface area contributed by atoms with Gasteiger partial charge in [0, 0.05) is 12.4 Å². The molecule has 68 valence electrons. The maximum Gasteiger partial charge on any atom is 0.314 e. The van der Waals surface area contributed by atoms with Gasteiger partial charge in [0.1, 0.15) is 5.92 Å². The fourth-order valence-corrected chi connectivity index (χ4v) is 0.732. The number of nitrogens with zero attached hydrogens (tertiary/aromatic N) is 2. The van der Waals surface area contributed by atoms with E-state index in [1.807, 2.05) is 0 Å². The summed E-state index contributed by atoms with van der Waals surface area (Å²) in [5.74, 6) is -2.90. The van der Waals surface area contributed by atoms with E-state index in [1.54, 1.807) is 6.07 Å². The molecule has 0 saturated carbocycles. The molecule has 0 aliphatic rings. The van der Waals surface area contributed by atoms with Gasteiger partial charge in [-0.1, -0.05) is 0 Å². The molecule has 0 amide bonds. The zero-order valence-corrected chi connectivity index (χ0v) is 6.97. The standard InChI is InChI=1S/C8H8N2O3/c1-5(8(12)13)6(11)7-9-3-2-4-10-7/h2-5H,1H3,(H,12,13). The maximum atomic E-state index is 11.3. The lowest BCUT2D eigenvalue weighted by Gasteiger charge is -2.01. The van der Waals surface area contributed by atoms with Crippen LogP contribution in [-0.2, 0) is 4.79 Å². The Morgan fingerprint density at radius 2 is 1.92 bits per heavy atom. The summed E-state index contributed by atoms with van der Waals surface area (Å²) < 4.78 is 0. The molecule has 1 aromatic heterocycles. The Kier molecular flexibility index (Phi) is 2.69. The average Bonchev–Trinajstić information content (AvgIpc) is 2.17. The van der Waals surface area contributed by atoms with Gasteiger partial charge in [0.25, 0.3) is 0 Å². The quantitative estimate of drug-likeness (QED) is 0.537. The Bertz CT molecular complexity index is 323. The van der Waals surface area contributed by atoms with Crippen molar-refractivity contribution in [2.24, 2.45) is 5.92 Å². The van der Waals surface area contributed by atoms with Crippen LogP contribution >= 0.6 is 0 Å². The Morgan fingerprint density at radius 3 is 2.38 bits per heavy atom. The van der Waals surface area contributed by atoms with E-state index >= 15 is 0 Å². The zero-order valence-electron chi connectivity index (χ0n) is 6.97. The lowest BCUT2D eigenvalue weighted by Crippen LogP contribution is -2.22. The third-order valence-electron chi connectivity index (χ3n) is 1.55. The summed E-state index contributed by atoms with van der Waals surface area (Å²) in [5.41, 5.74) is 0. The molecule has 0 aliphatic carbocycles. The number of aliphatic carboxylic acids is 1. The second kappa shape index (κ2) is 3.75. The molecule has 0 aromatic carbocycles. The number of hydrogen-bond acceptors (Lipinski definition) is 4. The number of aromatic nitrogens is 2. The van der Waals surface area contributed by atoms with E-state index in [0.717, 1.165) is 0 Å². The Labute approximate surface area is 74.4 Å². The molecule has 1 N–H and O–H groups in total. The van der Waals surface area contributed by atoms with E-state index in [9.17, 15) is 9.59 Å². The number of Topliss-reactive ketones (excluding diaryl/α,β-unsaturated/α-hetero) is 1. The SMILES string of the molecule is CC(C(=O)O)C(=O)c1ncccn1. The lowest BCUT2D eigenvalue weighted by molar-refractivity contribution is -0.139.